The number of halogens is 3. The molecule has 0 aliphatic carbocycles. The molecule has 0 aromatic heterocycles. The van der Waals surface area contributed by atoms with Crippen LogP contribution < -0.4 is 5.32 Å². The zero-order valence-corrected chi connectivity index (χ0v) is 9.89. The number of aliphatic hydroxyl groups excluding tert-OH is 1. The van der Waals surface area contributed by atoms with Gasteiger partial charge in [-0.1, -0.05) is 23.7 Å². The van der Waals surface area contributed by atoms with Crippen LogP contribution >= 0.6 is 11.6 Å². The first kappa shape index (κ1) is 13.9. The van der Waals surface area contributed by atoms with Crippen LogP contribution in [0.1, 0.15) is 15.9 Å². The molecular formula is C11H12ClF2NO2. The molecule has 0 spiro atoms. The second-order valence-electron chi connectivity index (χ2n) is 3.63. The van der Waals surface area contributed by atoms with Gasteiger partial charge in [-0.05, 0) is 18.6 Å². The Labute approximate surface area is 102 Å². The molecule has 0 aliphatic rings. The summed E-state index contributed by atoms with van der Waals surface area (Å²) >= 11 is 5.87. The average molecular weight is 264 g/mol. The lowest BCUT2D eigenvalue weighted by atomic mass is 10.1. The molecule has 0 radical (unpaired) electrons. The predicted molar refractivity (Wildman–Crippen MR) is 60.6 cm³/mol. The number of nitrogens with one attached hydrogen (secondary N) is 1. The Kier molecular flexibility index (Phi) is 4.42. The maximum absolute atomic E-state index is 12.7. The maximum atomic E-state index is 12.7. The smallest absolute Gasteiger partial charge is 0.287 e. The van der Waals surface area contributed by atoms with E-state index < -0.39 is 25.0 Å². The fourth-order valence-corrected chi connectivity index (χ4v) is 1.40. The van der Waals surface area contributed by atoms with Crippen molar-refractivity contribution in [1.82, 2.24) is 5.32 Å². The molecule has 17 heavy (non-hydrogen) atoms. The molecule has 0 fully saturated rings. The third kappa shape index (κ3) is 3.64. The van der Waals surface area contributed by atoms with Crippen molar-refractivity contribution in [3.63, 3.8) is 0 Å². The van der Waals surface area contributed by atoms with Gasteiger partial charge in [-0.3, -0.25) is 4.79 Å². The number of amides is 1. The van der Waals surface area contributed by atoms with E-state index in [0.717, 1.165) is 0 Å². The molecule has 1 amide bonds. The van der Waals surface area contributed by atoms with Gasteiger partial charge in [0.15, 0.2) is 0 Å². The van der Waals surface area contributed by atoms with Crippen LogP contribution in [-0.2, 0) is 0 Å². The van der Waals surface area contributed by atoms with E-state index in [2.05, 4.69) is 0 Å². The minimum atomic E-state index is -3.33. The topological polar surface area (TPSA) is 49.3 Å². The monoisotopic (exact) mass is 263 g/mol. The van der Waals surface area contributed by atoms with Crippen molar-refractivity contribution in [1.29, 1.82) is 0 Å². The molecule has 0 atom stereocenters. The summed E-state index contributed by atoms with van der Waals surface area (Å²) in [7, 11) is 0. The molecule has 0 saturated carbocycles. The highest BCUT2D eigenvalue weighted by Crippen LogP contribution is 2.20. The molecule has 0 saturated heterocycles. The van der Waals surface area contributed by atoms with Gasteiger partial charge in [0, 0.05) is 0 Å². The summed E-state index contributed by atoms with van der Waals surface area (Å²) in [5.74, 6) is -4.02. The summed E-state index contributed by atoms with van der Waals surface area (Å²) in [4.78, 5) is 11.6. The Morgan fingerprint density at radius 3 is 2.76 bits per heavy atom. The van der Waals surface area contributed by atoms with E-state index in [1.807, 2.05) is 5.32 Å². The van der Waals surface area contributed by atoms with Crippen LogP contribution in [0, 0.1) is 6.92 Å². The van der Waals surface area contributed by atoms with Gasteiger partial charge in [0.25, 0.3) is 11.8 Å². The average Bonchev–Trinajstić information content (AvgIpc) is 2.30. The number of hydrogen-bond donors (Lipinski definition) is 2. The maximum Gasteiger partial charge on any atom is 0.287 e. The fourth-order valence-electron chi connectivity index (χ4n) is 1.18. The number of hydrogen-bond acceptors (Lipinski definition) is 2. The second kappa shape index (κ2) is 5.42. The van der Waals surface area contributed by atoms with Gasteiger partial charge >= 0.3 is 0 Å². The Hall–Kier alpha value is -1.20. The van der Waals surface area contributed by atoms with E-state index in [4.69, 9.17) is 16.7 Å². The molecule has 6 heteroatoms. The van der Waals surface area contributed by atoms with Crippen LogP contribution in [0.15, 0.2) is 18.2 Å². The van der Waals surface area contributed by atoms with Gasteiger partial charge < -0.3 is 10.4 Å². The van der Waals surface area contributed by atoms with Crippen LogP contribution in [0.2, 0.25) is 5.02 Å². The summed E-state index contributed by atoms with van der Waals surface area (Å²) in [6.07, 6.45) is 0. The highest BCUT2D eigenvalue weighted by atomic mass is 35.5. The van der Waals surface area contributed by atoms with E-state index in [9.17, 15) is 13.6 Å². The van der Waals surface area contributed by atoms with Crippen LogP contribution in [0.4, 0.5) is 8.78 Å². The predicted octanol–water partition coefficient (Wildman–Crippen LogP) is 2.01. The molecule has 1 rings (SSSR count). The molecule has 0 unspecified atom stereocenters. The quantitative estimate of drug-likeness (QED) is 0.873. The van der Waals surface area contributed by atoms with Crippen molar-refractivity contribution >= 4 is 17.5 Å². The summed E-state index contributed by atoms with van der Waals surface area (Å²) in [5, 5.41) is 10.6. The van der Waals surface area contributed by atoms with E-state index in [1.165, 1.54) is 6.07 Å². The summed E-state index contributed by atoms with van der Waals surface area (Å²) in [6.45, 7) is -0.525. The van der Waals surface area contributed by atoms with Crippen molar-refractivity contribution in [3.8, 4) is 0 Å². The van der Waals surface area contributed by atoms with Crippen molar-refractivity contribution in [2.75, 3.05) is 13.2 Å². The zero-order valence-electron chi connectivity index (χ0n) is 9.14. The summed E-state index contributed by atoms with van der Waals surface area (Å²) < 4.78 is 25.4. The van der Waals surface area contributed by atoms with E-state index in [-0.39, 0.29) is 10.6 Å². The number of benzene rings is 1. The Balaban J connectivity index is 2.74. The minimum absolute atomic E-state index is 0.139. The lowest BCUT2D eigenvalue weighted by Crippen LogP contribution is -2.39. The number of carbonyl (C=O) groups excluding carboxylic acids is 1. The Bertz CT molecular complexity index is 424. The first-order valence-corrected chi connectivity index (χ1v) is 5.27. The third-order valence-corrected chi connectivity index (χ3v) is 2.68. The molecule has 0 bridgehead atoms. The summed E-state index contributed by atoms with van der Waals surface area (Å²) in [5.41, 5.74) is 0.827. The SMILES string of the molecule is Cc1cccc(C(=O)NCC(F)(F)CO)c1Cl. The number of aryl methyl sites for hydroxylation is 1. The standard InChI is InChI=1S/C11H12ClF2NO2/c1-7-3-2-4-8(9(7)12)10(17)15-5-11(13,14)6-16/h2-4,16H,5-6H2,1H3,(H,15,17). The van der Waals surface area contributed by atoms with Gasteiger partial charge in [-0.2, -0.15) is 0 Å². The molecule has 1 aromatic carbocycles. The number of carbonyl (C=O) groups is 1. The molecule has 0 heterocycles. The summed E-state index contributed by atoms with van der Waals surface area (Å²) in [6, 6.07) is 4.77. The van der Waals surface area contributed by atoms with Gasteiger partial charge in [0.1, 0.15) is 6.61 Å². The molecule has 0 aliphatic heterocycles. The van der Waals surface area contributed by atoms with Crippen molar-refractivity contribution < 1.29 is 18.7 Å². The molecular weight excluding hydrogens is 252 g/mol. The van der Waals surface area contributed by atoms with Gasteiger partial charge in [0.2, 0.25) is 0 Å². The van der Waals surface area contributed by atoms with Gasteiger partial charge in [-0.15, -0.1) is 0 Å². The molecule has 94 valence electrons. The first-order chi connectivity index (χ1) is 7.87. The highest BCUT2D eigenvalue weighted by Gasteiger charge is 2.28. The fraction of sp³-hybridized carbons (Fsp3) is 0.364. The number of aliphatic hydroxyl groups is 1. The van der Waals surface area contributed by atoms with Gasteiger partial charge in [0.05, 0.1) is 17.1 Å². The minimum Gasteiger partial charge on any atom is -0.390 e. The van der Waals surface area contributed by atoms with Crippen LogP contribution in [0.25, 0.3) is 0 Å². The van der Waals surface area contributed by atoms with Crippen LogP contribution in [0.5, 0.6) is 0 Å². The van der Waals surface area contributed by atoms with Gasteiger partial charge in [-0.25, -0.2) is 8.78 Å². The van der Waals surface area contributed by atoms with Crippen molar-refractivity contribution in [2.24, 2.45) is 0 Å². The lowest BCUT2D eigenvalue weighted by Gasteiger charge is -2.14. The van der Waals surface area contributed by atoms with E-state index in [1.54, 1.807) is 19.1 Å². The Morgan fingerprint density at radius 1 is 1.53 bits per heavy atom. The number of rotatable bonds is 4. The third-order valence-electron chi connectivity index (χ3n) is 2.18. The van der Waals surface area contributed by atoms with Crippen LogP contribution in [-0.4, -0.2) is 30.1 Å². The molecule has 3 nitrogen and oxygen atoms in total. The highest BCUT2D eigenvalue weighted by molar-refractivity contribution is 6.34. The number of alkyl halides is 2. The zero-order chi connectivity index (χ0) is 13.1. The van der Waals surface area contributed by atoms with E-state index >= 15 is 0 Å². The van der Waals surface area contributed by atoms with Crippen LogP contribution in [0.3, 0.4) is 0 Å². The first-order valence-electron chi connectivity index (χ1n) is 4.89. The largest absolute Gasteiger partial charge is 0.390 e. The molecule has 1 aromatic rings. The lowest BCUT2D eigenvalue weighted by molar-refractivity contribution is -0.0462. The van der Waals surface area contributed by atoms with E-state index in [0.29, 0.717) is 5.56 Å². The Morgan fingerprint density at radius 2 is 2.18 bits per heavy atom. The second-order valence-corrected chi connectivity index (χ2v) is 4.01. The normalized spacial score (nSPS) is 11.4. The van der Waals surface area contributed by atoms with Crippen molar-refractivity contribution in [2.45, 2.75) is 12.8 Å². The molecule has 2 N–H and O–H groups in total. The van der Waals surface area contributed by atoms with Crippen molar-refractivity contribution in [3.05, 3.63) is 34.3 Å².